The summed E-state index contributed by atoms with van der Waals surface area (Å²) in [7, 11) is 1.55. The van der Waals surface area contributed by atoms with Gasteiger partial charge in [0.25, 0.3) is 5.89 Å². The second kappa shape index (κ2) is 7.21. The molecular formula is C19H15Cl2N3O3. The van der Waals surface area contributed by atoms with Gasteiger partial charge in [0, 0.05) is 35.2 Å². The highest BCUT2D eigenvalue weighted by atomic mass is 35.5. The number of halogens is 2. The topological polar surface area (TPSA) is 68.5 Å². The Labute approximate surface area is 165 Å². The Kier molecular flexibility index (Phi) is 4.76. The number of ether oxygens (including phenoxy) is 1. The molecule has 0 saturated carbocycles. The Morgan fingerprint density at radius 3 is 2.81 bits per heavy atom. The second-order valence-electron chi connectivity index (χ2n) is 6.19. The summed E-state index contributed by atoms with van der Waals surface area (Å²) in [5.41, 5.74) is 1.45. The smallest absolute Gasteiger partial charge is 0.257 e. The third-order valence-electron chi connectivity index (χ3n) is 4.45. The van der Waals surface area contributed by atoms with Gasteiger partial charge in [0.2, 0.25) is 5.91 Å². The van der Waals surface area contributed by atoms with Gasteiger partial charge in [-0.05, 0) is 36.4 Å². The Bertz CT molecular complexity index is 1010. The lowest BCUT2D eigenvalue weighted by atomic mass is 10.1. The van der Waals surface area contributed by atoms with Gasteiger partial charge in [-0.25, -0.2) is 0 Å². The van der Waals surface area contributed by atoms with Crippen LogP contribution in [-0.4, -0.2) is 29.7 Å². The quantitative estimate of drug-likeness (QED) is 0.637. The fourth-order valence-electron chi connectivity index (χ4n) is 3.09. The number of rotatable bonds is 4. The van der Waals surface area contributed by atoms with Crippen LogP contribution < -0.4 is 9.64 Å². The Hall–Kier alpha value is -2.57. The first kappa shape index (κ1) is 17.8. The van der Waals surface area contributed by atoms with Crippen LogP contribution in [0.15, 0.2) is 47.0 Å². The van der Waals surface area contributed by atoms with Gasteiger partial charge in [-0.15, -0.1) is 0 Å². The maximum Gasteiger partial charge on any atom is 0.257 e. The van der Waals surface area contributed by atoms with Gasteiger partial charge in [0.05, 0.1) is 12.1 Å². The van der Waals surface area contributed by atoms with Crippen molar-refractivity contribution in [1.82, 2.24) is 10.1 Å². The molecule has 2 aromatic carbocycles. The van der Waals surface area contributed by atoms with E-state index in [0.29, 0.717) is 46.2 Å². The SMILES string of the molecule is COc1ccc(N2CC(c3noc(-c4cccc(Cl)c4)n3)CC2=O)cc1Cl. The summed E-state index contributed by atoms with van der Waals surface area (Å²) >= 11 is 12.2. The predicted octanol–water partition coefficient (Wildman–Crippen LogP) is 4.57. The highest BCUT2D eigenvalue weighted by Gasteiger charge is 2.35. The number of nitrogens with zero attached hydrogens (tertiary/aromatic N) is 3. The normalized spacial score (nSPS) is 16.8. The van der Waals surface area contributed by atoms with Gasteiger partial charge in [0.15, 0.2) is 5.82 Å². The number of hydrogen-bond donors (Lipinski definition) is 0. The molecule has 1 aromatic heterocycles. The number of carbonyl (C=O) groups excluding carboxylic acids is 1. The van der Waals surface area contributed by atoms with Gasteiger partial charge < -0.3 is 14.2 Å². The molecule has 1 atom stereocenters. The monoisotopic (exact) mass is 403 g/mol. The zero-order chi connectivity index (χ0) is 19.0. The van der Waals surface area contributed by atoms with E-state index in [-0.39, 0.29) is 11.8 Å². The standard InChI is InChI=1S/C19H15Cl2N3O3/c1-26-16-6-5-14(9-15(16)21)24-10-12(8-17(24)25)18-22-19(27-23-18)11-3-2-4-13(20)7-11/h2-7,9,12H,8,10H2,1H3. The Balaban J connectivity index is 1.55. The van der Waals surface area contributed by atoms with Gasteiger partial charge in [-0.1, -0.05) is 34.4 Å². The summed E-state index contributed by atoms with van der Waals surface area (Å²) < 4.78 is 10.5. The van der Waals surface area contributed by atoms with Crippen molar-refractivity contribution in [3.8, 4) is 17.2 Å². The molecular weight excluding hydrogens is 389 g/mol. The van der Waals surface area contributed by atoms with Gasteiger partial charge in [-0.2, -0.15) is 4.98 Å². The lowest BCUT2D eigenvalue weighted by molar-refractivity contribution is -0.117. The lowest BCUT2D eigenvalue weighted by Gasteiger charge is -2.17. The number of methoxy groups -OCH3 is 1. The minimum Gasteiger partial charge on any atom is -0.495 e. The van der Waals surface area contributed by atoms with E-state index < -0.39 is 0 Å². The van der Waals surface area contributed by atoms with Gasteiger partial charge in [0.1, 0.15) is 5.75 Å². The van der Waals surface area contributed by atoms with Crippen LogP contribution in [0.5, 0.6) is 5.75 Å². The minimum atomic E-state index is -0.157. The van der Waals surface area contributed by atoms with E-state index in [2.05, 4.69) is 10.1 Å². The van der Waals surface area contributed by atoms with Crippen molar-refractivity contribution in [2.75, 3.05) is 18.6 Å². The zero-order valence-electron chi connectivity index (χ0n) is 14.4. The van der Waals surface area contributed by atoms with E-state index in [1.54, 1.807) is 42.3 Å². The first-order valence-corrected chi connectivity index (χ1v) is 9.04. The van der Waals surface area contributed by atoms with Crippen molar-refractivity contribution >= 4 is 34.8 Å². The molecule has 1 aliphatic heterocycles. The molecule has 0 N–H and O–H groups in total. The molecule has 2 heterocycles. The van der Waals surface area contributed by atoms with E-state index >= 15 is 0 Å². The first-order valence-electron chi connectivity index (χ1n) is 8.28. The molecule has 6 nitrogen and oxygen atoms in total. The molecule has 0 spiro atoms. The number of amides is 1. The molecule has 4 rings (SSSR count). The van der Waals surface area contributed by atoms with Crippen molar-refractivity contribution in [3.63, 3.8) is 0 Å². The van der Waals surface area contributed by atoms with Crippen molar-refractivity contribution in [3.05, 3.63) is 58.3 Å². The summed E-state index contributed by atoms with van der Waals surface area (Å²) in [6.45, 7) is 0.454. The summed E-state index contributed by atoms with van der Waals surface area (Å²) in [6.07, 6.45) is 0.304. The molecule has 138 valence electrons. The van der Waals surface area contributed by atoms with Crippen LogP contribution in [0.2, 0.25) is 10.0 Å². The molecule has 1 amide bonds. The summed E-state index contributed by atoms with van der Waals surface area (Å²) in [6, 6.07) is 12.4. The van der Waals surface area contributed by atoms with Crippen molar-refractivity contribution in [1.29, 1.82) is 0 Å². The number of aromatic nitrogens is 2. The van der Waals surface area contributed by atoms with E-state index in [1.165, 1.54) is 0 Å². The number of benzene rings is 2. The highest BCUT2D eigenvalue weighted by molar-refractivity contribution is 6.32. The van der Waals surface area contributed by atoms with Crippen molar-refractivity contribution in [2.24, 2.45) is 0 Å². The van der Waals surface area contributed by atoms with Crippen LogP contribution in [0.25, 0.3) is 11.5 Å². The van der Waals surface area contributed by atoms with Crippen LogP contribution in [-0.2, 0) is 4.79 Å². The zero-order valence-corrected chi connectivity index (χ0v) is 15.9. The van der Waals surface area contributed by atoms with Crippen molar-refractivity contribution < 1.29 is 14.1 Å². The molecule has 1 aliphatic rings. The third-order valence-corrected chi connectivity index (χ3v) is 4.98. The van der Waals surface area contributed by atoms with E-state index in [0.717, 1.165) is 5.56 Å². The highest BCUT2D eigenvalue weighted by Crippen LogP contribution is 2.35. The second-order valence-corrected chi connectivity index (χ2v) is 7.04. The molecule has 27 heavy (non-hydrogen) atoms. The predicted molar refractivity (Wildman–Crippen MR) is 102 cm³/mol. The van der Waals surface area contributed by atoms with Crippen LogP contribution >= 0.6 is 23.2 Å². The molecule has 1 unspecified atom stereocenters. The summed E-state index contributed by atoms with van der Waals surface area (Å²) in [5.74, 6) is 1.27. The van der Waals surface area contributed by atoms with Crippen LogP contribution in [0, 0.1) is 0 Å². The lowest BCUT2D eigenvalue weighted by Crippen LogP contribution is -2.24. The summed E-state index contributed by atoms with van der Waals surface area (Å²) in [5, 5.41) is 5.10. The molecule has 0 bridgehead atoms. The fraction of sp³-hybridized carbons (Fsp3) is 0.211. The van der Waals surface area contributed by atoms with E-state index in [4.69, 9.17) is 32.5 Å². The molecule has 1 fully saturated rings. The summed E-state index contributed by atoms with van der Waals surface area (Å²) in [4.78, 5) is 18.6. The fourth-order valence-corrected chi connectivity index (χ4v) is 3.53. The van der Waals surface area contributed by atoms with E-state index in [1.807, 2.05) is 12.1 Å². The van der Waals surface area contributed by atoms with Crippen molar-refractivity contribution in [2.45, 2.75) is 12.3 Å². The maximum absolute atomic E-state index is 12.5. The number of carbonyl (C=O) groups is 1. The number of anilines is 1. The molecule has 3 aromatic rings. The average molecular weight is 404 g/mol. The molecule has 8 heteroatoms. The van der Waals surface area contributed by atoms with Crippen LogP contribution in [0.3, 0.4) is 0 Å². The van der Waals surface area contributed by atoms with E-state index in [9.17, 15) is 4.79 Å². The van der Waals surface area contributed by atoms with Crippen LogP contribution in [0.4, 0.5) is 5.69 Å². The molecule has 0 radical (unpaired) electrons. The van der Waals surface area contributed by atoms with Gasteiger partial charge >= 0.3 is 0 Å². The third kappa shape index (κ3) is 3.50. The first-order chi connectivity index (χ1) is 13.0. The average Bonchev–Trinajstić information content (AvgIpc) is 3.28. The Morgan fingerprint density at radius 1 is 1.22 bits per heavy atom. The maximum atomic E-state index is 12.5. The van der Waals surface area contributed by atoms with Gasteiger partial charge in [-0.3, -0.25) is 4.79 Å². The molecule has 1 saturated heterocycles. The minimum absolute atomic E-state index is 0.0182. The number of hydrogen-bond acceptors (Lipinski definition) is 5. The molecule has 0 aliphatic carbocycles. The van der Waals surface area contributed by atoms with Crippen LogP contribution in [0.1, 0.15) is 18.2 Å². The Morgan fingerprint density at radius 2 is 2.07 bits per heavy atom. The largest absolute Gasteiger partial charge is 0.495 e.